The lowest BCUT2D eigenvalue weighted by molar-refractivity contribution is 0.632. The number of nitrogens with zero attached hydrogens (tertiary/aromatic N) is 3. The van der Waals surface area contributed by atoms with E-state index in [2.05, 4.69) is 96.5 Å². The molecule has 3 aromatic carbocycles. The van der Waals surface area contributed by atoms with Crippen molar-refractivity contribution >= 4 is 17.1 Å². The molecule has 0 aliphatic carbocycles. The van der Waals surface area contributed by atoms with Crippen molar-refractivity contribution in [2.24, 2.45) is 0 Å². The molecule has 1 aromatic heterocycles. The molecule has 0 atom stereocenters. The summed E-state index contributed by atoms with van der Waals surface area (Å²) in [5.41, 5.74) is 8.49. The van der Waals surface area contributed by atoms with Crippen LogP contribution in [0.3, 0.4) is 0 Å². The van der Waals surface area contributed by atoms with Gasteiger partial charge in [-0.25, -0.2) is 4.98 Å². The highest BCUT2D eigenvalue weighted by atomic mass is 15.2. The Morgan fingerprint density at radius 1 is 0.733 bits per heavy atom. The molecule has 0 saturated heterocycles. The summed E-state index contributed by atoms with van der Waals surface area (Å²) in [4.78, 5) is 6.64. The van der Waals surface area contributed by atoms with Gasteiger partial charge in [0, 0.05) is 22.7 Å². The minimum Gasteiger partial charge on any atom is -0.309 e. The topological polar surface area (TPSA) is 39.9 Å². The molecule has 0 bridgehead atoms. The summed E-state index contributed by atoms with van der Waals surface area (Å²) in [6, 6.07) is 31.5. The molecule has 0 fully saturated rings. The molecule has 0 radical (unpaired) electrons. The summed E-state index contributed by atoms with van der Waals surface area (Å²) in [6.45, 7) is 4.58. The van der Waals surface area contributed by atoms with Gasteiger partial charge in [-0.3, -0.25) is 0 Å². The zero-order valence-corrected chi connectivity index (χ0v) is 17.0. The fraction of sp³-hybridized carbons (Fsp3) is 0.111. The van der Waals surface area contributed by atoms with Crippen LogP contribution in [-0.4, -0.2) is 4.98 Å². The van der Waals surface area contributed by atoms with Crippen LogP contribution in [0.4, 0.5) is 17.1 Å². The molecule has 2 heterocycles. The molecular formula is C27H21N3. The number of pyridine rings is 1. The maximum Gasteiger partial charge on any atom is 0.140 e. The Hall–Kier alpha value is -3.90. The number of hydrogen-bond acceptors (Lipinski definition) is 3. The summed E-state index contributed by atoms with van der Waals surface area (Å²) in [5.74, 6) is 0. The first-order valence-corrected chi connectivity index (χ1v) is 10.1. The first-order valence-electron chi connectivity index (χ1n) is 10.1. The van der Waals surface area contributed by atoms with E-state index in [-0.39, 0.29) is 5.41 Å². The van der Waals surface area contributed by atoms with Crippen LogP contribution in [0.5, 0.6) is 0 Å². The van der Waals surface area contributed by atoms with Gasteiger partial charge in [0.15, 0.2) is 0 Å². The first kappa shape index (κ1) is 18.1. The minimum absolute atomic E-state index is 0.0887. The predicted molar refractivity (Wildman–Crippen MR) is 121 cm³/mol. The molecule has 144 valence electrons. The van der Waals surface area contributed by atoms with Crippen LogP contribution in [0.2, 0.25) is 0 Å². The average molecular weight is 387 g/mol. The second-order valence-electron chi connectivity index (χ2n) is 8.06. The van der Waals surface area contributed by atoms with Crippen LogP contribution in [-0.2, 0) is 5.41 Å². The lowest BCUT2D eigenvalue weighted by Crippen LogP contribution is -2.30. The summed E-state index contributed by atoms with van der Waals surface area (Å²) < 4.78 is 0. The van der Waals surface area contributed by atoms with Gasteiger partial charge in [-0.15, -0.1) is 0 Å². The van der Waals surface area contributed by atoms with E-state index in [0.717, 1.165) is 16.8 Å². The Morgan fingerprint density at radius 3 is 1.87 bits per heavy atom. The number of benzene rings is 3. The highest BCUT2D eigenvalue weighted by molar-refractivity contribution is 5.92. The maximum atomic E-state index is 9.10. The fourth-order valence-electron chi connectivity index (χ4n) is 4.46. The van der Waals surface area contributed by atoms with Crippen LogP contribution < -0.4 is 4.90 Å². The van der Waals surface area contributed by atoms with E-state index in [4.69, 9.17) is 5.26 Å². The third kappa shape index (κ3) is 2.69. The van der Waals surface area contributed by atoms with Gasteiger partial charge in [0.1, 0.15) is 11.8 Å². The number of hydrogen-bond donors (Lipinski definition) is 0. The second-order valence-corrected chi connectivity index (χ2v) is 8.06. The molecule has 30 heavy (non-hydrogen) atoms. The van der Waals surface area contributed by atoms with Gasteiger partial charge in [-0.05, 0) is 41.5 Å². The number of rotatable bonds is 2. The average Bonchev–Trinajstić information content (AvgIpc) is 2.80. The third-order valence-corrected chi connectivity index (χ3v) is 5.97. The molecule has 0 unspecified atom stereocenters. The standard InChI is InChI=1S/C27H21N3/c1-27(2)22-10-4-7-13-25(22)30(26-14-8-5-11-23(26)27)24-12-6-3-9-21(24)19-15-16-20(17-28)29-18-19/h3-16,18H,1-2H3. The van der Waals surface area contributed by atoms with Gasteiger partial charge in [-0.2, -0.15) is 5.26 Å². The van der Waals surface area contributed by atoms with Gasteiger partial charge in [0.05, 0.1) is 17.1 Å². The van der Waals surface area contributed by atoms with E-state index in [9.17, 15) is 0 Å². The van der Waals surface area contributed by atoms with Gasteiger partial charge in [-0.1, -0.05) is 68.4 Å². The minimum atomic E-state index is -0.0887. The molecule has 5 rings (SSSR count). The highest BCUT2D eigenvalue weighted by Crippen LogP contribution is 2.52. The zero-order valence-electron chi connectivity index (χ0n) is 17.0. The van der Waals surface area contributed by atoms with Crippen molar-refractivity contribution in [3.05, 3.63) is 108 Å². The molecule has 1 aliphatic heterocycles. The molecule has 1 aliphatic rings. The van der Waals surface area contributed by atoms with Crippen LogP contribution in [0.1, 0.15) is 30.7 Å². The van der Waals surface area contributed by atoms with Gasteiger partial charge in [0.2, 0.25) is 0 Å². The van der Waals surface area contributed by atoms with Crippen LogP contribution in [0.25, 0.3) is 11.1 Å². The molecular weight excluding hydrogens is 366 g/mol. The van der Waals surface area contributed by atoms with Crippen molar-refractivity contribution in [1.82, 2.24) is 4.98 Å². The molecule has 0 spiro atoms. The number of aromatic nitrogens is 1. The van der Waals surface area contributed by atoms with Crippen molar-refractivity contribution in [3.8, 4) is 17.2 Å². The number of nitriles is 1. The van der Waals surface area contributed by atoms with Gasteiger partial charge in [0.25, 0.3) is 0 Å². The summed E-state index contributed by atoms with van der Waals surface area (Å²) in [7, 11) is 0. The maximum absolute atomic E-state index is 9.10. The van der Waals surface area contributed by atoms with Crippen molar-refractivity contribution in [3.63, 3.8) is 0 Å². The second kappa shape index (κ2) is 6.86. The lowest BCUT2D eigenvalue weighted by Gasteiger charge is -2.42. The van der Waals surface area contributed by atoms with Crippen LogP contribution in [0.15, 0.2) is 91.1 Å². The number of anilines is 3. The van der Waals surface area contributed by atoms with E-state index in [1.807, 2.05) is 12.1 Å². The van der Waals surface area contributed by atoms with E-state index >= 15 is 0 Å². The first-order chi connectivity index (χ1) is 14.6. The Morgan fingerprint density at radius 2 is 1.30 bits per heavy atom. The molecule has 0 amide bonds. The summed E-state index contributed by atoms with van der Waals surface area (Å²) >= 11 is 0. The van der Waals surface area contributed by atoms with Crippen LogP contribution >= 0.6 is 0 Å². The number of para-hydroxylation sites is 3. The lowest BCUT2D eigenvalue weighted by atomic mass is 9.73. The summed E-state index contributed by atoms with van der Waals surface area (Å²) in [5, 5.41) is 9.10. The predicted octanol–water partition coefficient (Wildman–Crippen LogP) is 6.73. The van der Waals surface area contributed by atoms with E-state index in [0.29, 0.717) is 5.69 Å². The highest BCUT2D eigenvalue weighted by Gasteiger charge is 2.36. The molecule has 0 saturated carbocycles. The molecule has 4 aromatic rings. The van der Waals surface area contributed by atoms with Gasteiger partial charge < -0.3 is 4.90 Å². The van der Waals surface area contributed by atoms with Crippen molar-refractivity contribution in [1.29, 1.82) is 5.26 Å². The monoisotopic (exact) mass is 387 g/mol. The Labute approximate surface area is 176 Å². The van der Waals surface area contributed by atoms with E-state index in [1.54, 1.807) is 12.3 Å². The van der Waals surface area contributed by atoms with E-state index in [1.165, 1.54) is 22.5 Å². The van der Waals surface area contributed by atoms with Crippen LogP contribution in [0, 0.1) is 11.3 Å². The van der Waals surface area contributed by atoms with E-state index < -0.39 is 0 Å². The molecule has 3 heteroatoms. The Balaban J connectivity index is 1.78. The van der Waals surface area contributed by atoms with Crippen molar-refractivity contribution < 1.29 is 0 Å². The quantitative estimate of drug-likeness (QED) is 0.383. The smallest absolute Gasteiger partial charge is 0.140 e. The third-order valence-electron chi connectivity index (χ3n) is 5.97. The molecule has 3 nitrogen and oxygen atoms in total. The SMILES string of the molecule is CC1(C)c2ccccc2N(c2ccccc2-c2ccc(C#N)nc2)c2ccccc21. The Bertz CT molecular complexity index is 1230. The number of fused-ring (bicyclic) bond motifs is 2. The van der Waals surface area contributed by atoms with Crippen molar-refractivity contribution in [2.75, 3.05) is 4.90 Å². The normalized spacial score (nSPS) is 13.8. The van der Waals surface area contributed by atoms with Crippen molar-refractivity contribution in [2.45, 2.75) is 19.3 Å². The fourth-order valence-corrected chi connectivity index (χ4v) is 4.46. The zero-order chi connectivity index (χ0) is 20.7. The Kier molecular flexibility index (Phi) is 4.15. The van der Waals surface area contributed by atoms with Gasteiger partial charge >= 0.3 is 0 Å². The largest absolute Gasteiger partial charge is 0.309 e. The summed E-state index contributed by atoms with van der Waals surface area (Å²) in [6.07, 6.45) is 1.78. The molecule has 0 N–H and O–H groups in total.